The Bertz CT molecular complexity index is 885. The Hall–Kier alpha value is -2.40. The van der Waals surface area contributed by atoms with Gasteiger partial charge in [0, 0.05) is 18.9 Å². The van der Waals surface area contributed by atoms with Gasteiger partial charge in [0.1, 0.15) is 11.5 Å². The lowest BCUT2D eigenvalue weighted by molar-refractivity contribution is 0.162. The molecule has 1 radical (unpaired) electrons. The number of nitrogens with zero attached hydrogens (tertiary/aromatic N) is 4. The molecule has 1 unspecified atom stereocenters. The molecule has 3 aromatic heterocycles. The van der Waals surface area contributed by atoms with Crippen LogP contribution >= 0.6 is 0 Å². The second-order valence-electron chi connectivity index (χ2n) is 7.04. The Morgan fingerprint density at radius 1 is 1.27 bits per heavy atom. The van der Waals surface area contributed by atoms with E-state index in [9.17, 15) is 0 Å². The summed E-state index contributed by atoms with van der Waals surface area (Å²) in [6, 6.07) is 10.5. The summed E-state index contributed by atoms with van der Waals surface area (Å²) in [6.45, 7) is 5.84. The predicted molar refractivity (Wildman–Crippen MR) is 105 cm³/mol. The van der Waals surface area contributed by atoms with Crippen molar-refractivity contribution in [1.29, 1.82) is 0 Å². The second-order valence-corrected chi connectivity index (χ2v) is 7.04. The van der Waals surface area contributed by atoms with E-state index >= 15 is 0 Å². The maximum absolute atomic E-state index is 6.08. The van der Waals surface area contributed by atoms with Crippen LogP contribution in [0, 0.1) is 6.92 Å². The Morgan fingerprint density at radius 2 is 2.19 bits per heavy atom. The number of hydrogen-bond acceptors (Lipinski definition) is 4. The van der Waals surface area contributed by atoms with Gasteiger partial charge in [-0.05, 0) is 56.0 Å². The fraction of sp³-hybridized carbons (Fsp3) is 0.381. The summed E-state index contributed by atoms with van der Waals surface area (Å²) in [5, 5.41) is 0. The molecule has 0 spiro atoms. The van der Waals surface area contributed by atoms with E-state index in [2.05, 4.69) is 24.1 Å². The van der Waals surface area contributed by atoms with Crippen LogP contribution in [0.1, 0.15) is 48.7 Å². The highest BCUT2D eigenvalue weighted by atomic mass is 15.2. The number of anilines is 1. The quantitative estimate of drug-likeness (QED) is 0.736. The molecule has 3 aromatic rings. The van der Waals surface area contributed by atoms with Crippen molar-refractivity contribution in [3.05, 3.63) is 66.6 Å². The molecule has 0 fully saturated rings. The predicted octanol–water partition coefficient (Wildman–Crippen LogP) is 3.81. The van der Waals surface area contributed by atoms with Gasteiger partial charge in [-0.3, -0.25) is 14.3 Å². The minimum Gasteiger partial charge on any atom is -0.385 e. The third-order valence-electron chi connectivity index (χ3n) is 5.24. The molecule has 26 heavy (non-hydrogen) atoms. The highest BCUT2D eigenvalue weighted by Gasteiger charge is 2.27. The number of imidazole rings is 1. The summed E-state index contributed by atoms with van der Waals surface area (Å²) < 4.78 is 1.96. The SMILES string of the molecule is [CH2]CCCN(Cc1cn2c(N)cccc2n1)C1CCCc2cccnc21. The largest absolute Gasteiger partial charge is 0.385 e. The number of aromatic nitrogens is 3. The number of rotatable bonds is 6. The Kier molecular flexibility index (Phi) is 4.89. The van der Waals surface area contributed by atoms with Gasteiger partial charge in [0.25, 0.3) is 0 Å². The molecule has 5 nitrogen and oxygen atoms in total. The van der Waals surface area contributed by atoms with Gasteiger partial charge >= 0.3 is 0 Å². The molecule has 0 saturated heterocycles. The summed E-state index contributed by atoms with van der Waals surface area (Å²) in [7, 11) is 0. The van der Waals surface area contributed by atoms with Crippen molar-refractivity contribution >= 4 is 11.5 Å². The van der Waals surface area contributed by atoms with Crippen LogP contribution in [0.2, 0.25) is 0 Å². The number of hydrogen-bond donors (Lipinski definition) is 1. The first-order valence-corrected chi connectivity index (χ1v) is 9.46. The third kappa shape index (κ3) is 3.31. The smallest absolute Gasteiger partial charge is 0.138 e. The maximum atomic E-state index is 6.08. The number of nitrogens with two attached hydrogens (primary N) is 1. The number of fused-ring (bicyclic) bond motifs is 2. The van der Waals surface area contributed by atoms with Crippen molar-refractivity contribution in [2.45, 2.75) is 44.7 Å². The Labute approximate surface area is 154 Å². The van der Waals surface area contributed by atoms with Gasteiger partial charge in [0.05, 0.1) is 17.4 Å². The van der Waals surface area contributed by atoms with Gasteiger partial charge in [-0.25, -0.2) is 4.98 Å². The van der Waals surface area contributed by atoms with E-state index in [1.807, 2.05) is 34.9 Å². The lowest BCUT2D eigenvalue weighted by Crippen LogP contribution is -2.32. The van der Waals surface area contributed by atoms with Gasteiger partial charge in [-0.2, -0.15) is 0 Å². The minimum absolute atomic E-state index is 0.355. The molecular formula is C21H26N5. The average Bonchev–Trinajstić information content (AvgIpc) is 3.09. The number of aryl methyl sites for hydroxylation is 1. The average molecular weight is 348 g/mol. The van der Waals surface area contributed by atoms with Crippen molar-refractivity contribution in [3.8, 4) is 0 Å². The third-order valence-corrected chi connectivity index (χ3v) is 5.24. The molecule has 0 aromatic carbocycles. The molecule has 2 N–H and O–H groups in total. The molecule has 5 heteroatoms. The minimum atomic E-state index is 0.355. The highest BCUT2D eigenvalue weighted by molar-refractivity contribution is 5.48. The fourth-order valence-corrected chi connectivity index (χ4v) is 3.97. The molecule has 135 valence electrons. The number of unbranched alkanes of at least 4 members (excludes halogenated alkanes) is 1. The van der Waals surface area contributed by atoms with E-state index < -0.39 is 0 Å². The zero-order valence-corrected chi connectivity index (χ0v) is 15.1. The van der Waals surface area contributed by atoms with Crippen molar-refractivity contribution in [2.75, 3.05) is 12.3 Å². The Balaban J connectivity index is 1.64. The zero-order valence-electron chi connectivity index (χ0n) is 15.1. The molecule has 0 aliphatic heterocycles. The molecule has 3 heterocycles. The van der Waals surface area contributed by atoms with Crippen LogP contribution in [0.5, 0.6) is 0 Å². The monoisotopic (exact) mass is 348 g/mol. The summed E-state index contributed by atoms with van der Waals surface area (Å²) in [5.74, 6) is 0.718. The lowest BCUT2D eigenvalue weighted by atomic mass is 9.90. The van der Waals surface area contributed by atoms with Crippen molar-refractivity contribution in [2.24, 2.45) is 0 Å². The Morgan fingerprint density at radius 3 is 3.04 bits per heavy atom. The molecule has 1 aliphatic carbocycles. The van der Waals surface area contributed by atoms with Crippen LogP contribution in [0.15, 0.2) is 42.7 Å². The standard InChI is InChI=1S/C21H26N5/c1-2-3-13-25(18-9-4-7-16-8-6-12-23-21(16)18)14-17-15-26-19(22)10-5-11-20(26)24-17/h5-6,8,10-12,15,18H,1-4,7,9,13-14,22H2. The molecule has 0 saturated carbocycles. The van der Waals surface area contributed by atoms with E-state index in [1.165, 1.54) is 17.7 Å². The van der Waals surface area contributed by atoms with Gasteiger partial charge < -0.3 is 5.73 Å². The fourth-order valence-electron chi connectivity index (χ4n) is 3.97. The molecule has 0 bridgehead atoms. The topological polar surface area (TPSA) is 59.5 Å². The molecule has 1 atom stereocenters. The zero-order chi connectivity index (χ0) is 17.9. The second kappa shape index (κ2) is 7.46. The first-order valence-electron chi connectivity index (χ1n) is 9.46. The first kappa shape index (κ1) is 17.0. The van der Waals surface area contributed by atoms with Gasteiger partial charge in [0.15, 0.2) is 0 Å². The summed E-state index contributed by atoms with van der Waals surface area (Å²) >= 11 is 0. The van der Waals surface area contributed by atoms with Gasteiger partial charge in [-0.15, -0.1) is 0 Å². The van der Waals surface area contributed by atoms with Crippen molar-refractivity contribution < 1.29 is 0 Å². The van der Waals surface area contributed by atoms with Gasteiger partial charge in [-0.1, -0.05) is 25.5 Å². The van der Waals surface area contributed by atoms with E-state index in [4.69, 9.17) is 15.7 Å². The van der Waals surface area contributed by atoms with E-state index in [0.717, 1.165) is 55.9 Å². The summed E-state index contributed by atoms with van der Waals surface area (Å²) in [5.41, 5.74) is 10.7. The van der Waals surface area contributed by atoms with Crippen molar-refractivity contribution in [3.63, 3.8) is 0 Å². The molecule has 0 amide bonds. The van der Waals surface area contributed by atoms with Crippen LogP contribution in [0.4, 0.5) is 5.82 Å². The number of nitrogen functional groups attached to an aromatic ring is 1. The summed E-state index contributed by atoms with van der Waals surface area (Å²) in [4.78, 5) is 12.0. The van der Waals surface area contributed by atoms with Crippen LogP contribution < -0.4 is 5.73 Å². The van der Waals surface area contributed by atoms with Crippen LogP contribution in [0.25, 0.3) is 5.65 Å². The van der Waals surface area contributed by atoms with Crippen LogP contribution in [-0.4, -0.2) is 25.8 Å². The van der Waals surface area contributed by atoms with Gasteiger partial charge in [0.2, 0.25) is 0 Å². The molecule has 1 aliphatic rings. The van der Waals surface area contributed by atoms with E-state index in [-0.39, 0.29) is 0 Å². The van der Waals surface area contributed by atoms with Crippen molar-refractivity contribution in [1.82, 2.24) is 19.3 Å². The normalized spacial score (nSPS) is 16.9. The lowest BCUT2D eigenvalue weighted by Gasteiger charge is -2.34. The highest BCUT2D eigenvalue weighted by Crippen LogP contribution is 2.33. The first-order chi connectivity index (χ1) is 12.8. The molecule has 4 rings (SSSR count). The number of pyridine rings is 2. The van der Waals surface area contributed by atoms with Crippen LogP contribution in [-0.2, 0) is 13.0 Å². The summed E-state index contributed by atoms with van der Waals surface area (Å²) in [6.07, 6.45) is 9.49. The van der Waals surface area contributed by atoms with E-state index in [0.29, 0.717) is 6.04 Å². The molecular weight excluding hydrogens is 322 g/mol. The van der Waals surface area contributed by atoms with E-state index in [1.54, 1.807) is 0 Å². The maximum Gasteiger partial charge on any atom is 0.138 e. The van der Waals surface area contributed by atoms with Crippen LogP contribution in [0.3, 0.4) is 0 Å².